The second-order valence-corrected chi connectivity index (χ2v) is 6.81. The Labute approximate surface area is 168 Å². The molecule has 0 saturated carbocycles. The van der Waals surface area contributed by atoms with Crippen LogP contribution in [0.1, 0.15) is 27.2 Å². The van der Waals surface area contributed by atoms with E-state index in [1.54, 1.807) is 19.2 Å². The lowest BCUT2D eigenvalue weighted by atomic mass is 10.1. The molecule has 0 bridgehead atoms. The van der Waals surface area contributed by atoms with Crippen LogP contribution in [0.2, 0.25) is 5.02 Å². The van der Waals surface area contributed by atoms with Crippen LogP contribution >= 0.6 is 11.6 Å². The predicted octanol–water partition coefficient (Wildman–Crippen LogP) is 4.62. The van der Waals surface area contributed by atoms with Crippen molar-refractivity contribution in [3.05, 3.63) is 75.9 Å². The molecule has 2 aromatic carbocycles. The highest BCUT2D eigenvalue weighted by molar-refractivity contribution is 6.34. The van der Waals surface area contributed by atoms with Crippen LogP contribution in [-0.2, 0) is 6.54 Å². The third-order valence-electron chi connectivity index (χ3n) is 4.20. The molecule has 0 unspecified atom stereocenters. The molecule has 1 aromatic heterocycles. The molecule has 28 heavy (non-hydrogen) atoms. The van der Waals surface area contributed by atoms with Gasteiger partial charge in [-0.15, -0.1) is 10.2 Å². The summed E-state index contributed by atoms with van der Waals surface area (Å²) in [7, 11) is 1.63. The number of amides is 1. The average molecular weight is 397 g/mol. The van der Waals surface area contributed by atoms with Gasteiger partial charge in [-0.05, 0) is 60.9 Å². The van der Waals surface area contributed by atoms with Crippen molar-refractivity contribution in [1.82, 2.24) is 10.2 Å². The van der Waals surface area contributed by atoms with Crippen molar-refractivity contribution in [1.29, 1.82) is 0 Å². The molecule has 3 rings (SSSR count). The summed E-state index contributed by atoms with van der Waals surface area (Å²) in [4.78, 5) is 12.4. The monoisotopic (exact) mass is 396 g/mol. The number of rotatable bonds is 6. The minimum absolute atomic E-state index is 0.214. The quantitative estimate of drug-likeness (QED) is 0.635. The molecule has 3 aromatic rings. The Bertz CT molecular complexity index is 950. The van der Waals surface area contributed by atoms with Gasteiger partial charge in [-0.25, -0.2) is 0 Å². The Hall–Kier alpha value is -3.12. The lowest BCUT2D eigenvalue weighted by Crippen LogP contribution is -2.16. The second-order valence-electron chi connectivity index (χ2n) is 6.40. The van der Waals surface area contributed by atoms with Gasteiger partial charge in [0.25, 0.3) is 5.91 Å². The van der Waals surface area contributed by atoms with Gasteiger partial charge < -0.3 is 15.4 Å². The van der Waals surface area contributed by atoms with Gasteiger partial charge in [0.2, 0.25) is 0 Å². The van der Waals surface area contributed by atoms with E-state index < -0.39 is 0 Å². The molecule has 0 aliphatic heterocycles. The highest BCUT2D eigenvalue weighted by Gasteiger charge is 2.13. The van der Waals surface area contributed by atoms with Crippen LogP contribution in [0.3, 0.4) is 0 Å². The van der Waals surface area contributed by atoms with E-state index in [0.29, 0.717) is 23.1 Å². The van der Waals surface area contributed by atoms with E-state index in [4.69, 9.17) is 16.3 Å². The van der Waals surface area contributed by atoms with E-state index in [2.05, 4.69) is 20.8 Å². The molecule has 144 valence electrons. The molecule has 1 amide bonds. The van der Waals surface area contributed by atoms with Crippen LogP contribution in [0.15, 0.2) is 48.5 Å². The van der Waals surface area contributed by atoms with Crippen LogP contribution in [-0.4, -0.2) is 23.2 Å². The molecule has 0 aliphatic rings. The Balaban J connectivity index is 1.62. The molecule has 0 saturated heterocycles. The number of carbonyl (C=O) groups is 1. The zero-order valence-electron chi connectivity index (χ0n) is 15.9. The number of methoxy groups -OCH3 is 1. The summed E-state index contributed by atoms with van der Waals surface area (Å²) in [6.07, 6.45) is 0. The van der Waals surface area contributed by atoms with Gasteiger partial charge in [0, 0.05) is 6.54 Å². The summed E-state index contributed by atoms with van der Waals surface area (Å²) < 4.78 is 5.14. The van der Waals surface area contributed by atoms with E-state index >= 15 is 0 Å². The fraction of sp³-hybridized carbons (Fsp3) is 0.190. The molecule has 0 radical (unpaired) electrons. The number of hydrogen-bond acceptors (Lipinski definition) is 5. The minimum Gasteiger partial charge on any atom is -0.497 e. The first-order chi connectivity index (χ1) is 13.5. The van der Waals surface area contributed by atoms with Gasteiger partial charge in [-0.1, -0.05) is 29.8 Å². The number of ether oxygens (including phenoxy) is 1. The van der Waals surface area contributed by atoms with Gasteiger partial charge in [-0.2, -0.15) is 0 Å². The maximum Gasteiger partial charge on any atom is 0.276 e. The normalized spacial score (nSPS) is 10.4. The molecule has 2 N–H and O–H groups in total. The van der Waals surface area contributed by atoms with Gasteiger partial charge in [-0.3, -0.25) is 4.79 Å². The smallest absolute Gasteiger partial charge is 0.276 e. The van der Waals surface area contributed by atoms with Crippen LogP contribution in [0.5, 0.6) is 5.75 Å². The summed E-state index contributed by atoms with van der Waals surface area (Å²) in [5.41, 5.74) is 3.80. The number of carbonyl (C=O) groups excluding carboxylic acids is 1. The summed E-state index contributed by atoms with van der Waals surface area (Å²) in [6.45, 7) is 4.43. The highest BCUT2D eigenvalue weighted by atomic mass is 35.5. The average Bonchev–Trinajstić information content (AvgIpc) is 2.69. The molecule has 0 fully saturated rings. The Morgan fingerprint density at radius 2 is 1.82 bits per heavy atom. The first kappa shape index (κ1) is 19.6. The van der Waals surface area contributed by atoms with Gasteiger partial charge >= 0.3 is 0 Å². The second kappa shape index (κ2) is 8.71. The lowest BCUT2D eigenvalue weighted by Gasteiger charge is -2.11. The number of aryl methyl sites for hydroxylation is 2. The number of aromatic nitrogens is 2. The lowest BCUT2D eigenvalue weighted by molar-refractivity contribution is 0.102. The third kappa shape index (κ3) is 4.78. The maximum atomic E-state index is 12.4. The number of benzene rings is 2. The third-order valence-corrected chi connectivity index (χ3v) is 4.50. The van der Waals surface area contributed by atoms with Crippen molar-refractivity contribution in [2.75, 3.05) is 17.7 Å². The van der Waals surface area contributed by atoms with Gasteiger partial charge in [0.15, 0.2) is 5.69 Å². The van der Waals surface area contributed by atoms with Crippen LogP contribution in [0, 0.1) is 13.8 Å². The molecule has 1 heterocycles. The van der Waals surface area contributed by atoms with Crippen molar-refractivity contribution in [3.8, 4) is 5.75 Å². The van der Waals surface area contributed by atoms with Gasteiger partial charge in [0.05, 0.1) is 17.8 Å². The summed E-state index contributed by atoms with van der Waals surface area (Å²) in [5, 5.41) is 14.5. The predicted molar refractivity (Wildman–Crippen MR) is 111 cm³/mol. The van der Waals surface area contributed by atoms with Crippen molar-refractivity contribution in [2.45, 2.75) is 20.4 Å². The van der Waals surface area contributed by atoms with Crippen molar-refractivity contribution in [2.24, 2.45) is 0 Å². The zero-order valence-corrected chi connectivity index (χ0v) is 16.7. The topological polar surface area (TPSA) is 76.1 Å². The Morgan fingerprint density at radius 1 is 1.07 bits per heavy atom. The highest BCUT2D eigenvalue weighted by Crippen LogP contribution is 2.27. The summed E-state index contributed by atoms with van der Waals surface area (Å²) >= 11 is 6.24. The standard InChI is InChI=1S/C21H21ClN4O2/c1-13-10-14(2)20(17(22)11-13)24-21(27)18-8-9-19(26-25-18)23-12-15-4-6-16(28-3)7-5-15/h4-11H,12H2,1-3H3,(H,23,26)(H,24,27). The van der Waals surface area contributed by atoms with Crippen LogP contribution in [0.4, 0.5) is 11.5 Å². The van der Waals surface area contributed by atoms with Crippen LogP contribution < -0.4 is 15.4 Å². The number of halogens is 1. The molecule has 0 spiro atoms. The van der Waals surface area contributed by atoms with Crippen molar-refractivity contribution >= 4 is 29.0 Å². The molecular weight excluding hydrogens is 376 g/mol. The van der Waals surface area contributed by atoms with Crippen molar-refractivity contribution < 1.29 is 9.53 Å². The van der Waals surface area contributed by atoms with Gasteiger partial charge in [0.1, 0.15) is 11.6 Å². The van der Waals surface area contributed by atoms with E-state index in [9.17, 15) is 4.79 Å². The fourth-order valence-corrected chi connectivity index (χ4v) is 3.10. The maximum absolute atomic E-state index is 12.4. The van der Waals surface area contributed by atoms with Crippen molar-refractivity contribution in [3.63, 3.8) is 0 Å². The van der Waals surface area contributed by atoms with E-state index in [0.717, 1.165) is 22.4 Å². The molecule has 7 heteroatoms. The fourth-order valence-electron chi connectivity index (χ4n) is 2.74. The zero-order chi connectivity index (χ0) is 20.1. The number of nitrogens with one attached hydrogen (secondary N) is 2. The summed E-state index contributed by atoms with van der Waals surface area (Å²) in [6, 6.07) is 14.8. The minimum atomic E-state index is -0.358. The molecule has 6 nitrogen and oxygen atoms in total. The van der Waals surface area contributed by atoms with E-state index in [-0.39, 0.29) is 11.6 Å². The Morgan fingerprint density at radius 3 is 2.43 bits per heavy atom. The molecule has 0 atom stereocenters. The SMILES string of the molecule is COc1ccc(CNc2ccc(C(=O)Nc3c(C)cc(C)cc3Cl)nn2)cc1. The van der Waals surface area contributed by atoms with E-state index in [1.165, 1.54) is 0 Å². The first-order valence-corrected chi connectivity index (χ1v) is 9.12. The molecule has 0 aliphatic carbocycles. The molecular formula is C21H21ClN4O2. The largest absolute Gasteiger partial charge is 0.497 e. The first-order valence-electron chi connectivity index (χ1n) is 8.75. The van der Waals surface area contributed by atoms with E-state index in [1.807, 2.05) is 50.2 Å². The van der Waals surface area contributed by atoms with Crippen LogP contribution in [0.25, 0.3) is 0 Å². The number of nitrogens with zero attached hydrogens (tertiary/aromatic N) is 2. The Kier molecular flexibility index (Phi) is 6.11. The number of anilines is 2. The number of hydrogen-bond donors (Lipinski definition) is 2. The summed E-state index contributed by atoms with van der Waals surface area (Å²) in [5.74, 6) is 1.03.